The Bertz CT molecular complexity index is 572. The van der Waals surface area contributed by atoms with Crippen LogP contribution < -0.4 is 10.9 Å². The van der Waals surface area contributed by atoms with Gasteiger partial charge in [-0.05, 0) is 18.6 Å². The second kappa shape index (κ2) is 8.56. The van der Waals surface area contributed by atoms with E-state index >= 15 is 0 Å². The molecule has 130 valence electrons. The summed E-state index contributed by atoms with van der Waals surface area (Å²) in [6.45, 7) is 0.722. The van der Waals surface area contributed by atoms with Gasteiger partial charge in [0.05, 0.1) is 6.61 Å². The fraction of sp³-hybridized carbons (Fsp3) is 0.571. The number of amides is 2. The normalized spacial score (nSPS) is 11.3. The molecule has 0 saturated carbocycles. The standard InChI is InChI=1S/C14H20F3N3O3/c1-2-3-6-19(8-9-21)13(23)18-11-5-4-7-20(12(11)22)10-14(15,16)17/h4-5,7,21H,2-3,6,8-10H2,1H3,(H,18,23). The maximum Gasteiger partial charge on any atom is 0.406 e. The lowest BCUT2D eigenvalue weighted by atomic mass is 10.3. The van der Waals surface area contributed by atoms with E-state index in [2.05, 4.69) is 5.32 Å². The number of pyridine rings is 1. The number of halogens is 3. The molecule has 1 heterocycles. The first kappa shape index (κ1) is 19.0. The van der Waals surface area contributed by atoms with Crippen LogP contribution in [-0.4, -0.2) is 46.5 Å². The first-order valence-electron chi connectivity index (χ1n) is 7.21. The van der Waals surface area contributed by atoms with Crippen molar-refractivity contribution in [3.8, 4) is 0 Å². The lowest BCUT2D eigenvalue weighted by Gasteiger charge is -2.22. The van der Waals surface area contributed by atoms with E-state index in [1.165, 1.54) is 17.0 Å². The van der Waals surface area contributed by atoms with Crippen molar-refractivity contribution in [3.63, 3.8) is 0 Å². The van der Waals surface area contributed by atoms with Crippen LogP contribution in [0.3, 0.4) is 0 Å². The topological polar surface area (TPSA) is 74.6 Å². The van der Waals surface area contributed by atoms with E-state index in [-0.39, 0.29) is 18.8 Å². The first-order chi connectivity index (χ1) is 10.8. The van der Waals surface area contributed by atoms with Crippen LogP contribution in [0.15, 0.2) is 23.1 Å². The Labute approximate surface area is 131 Å². The molecule has 0 aliphatic heterocycles. The Hall–Kier alpha value is -2.03. The van der Waals surface area contributed by atoms with Crippen molar-refractivity contribution in [2.45, 2.75) is 32.5 Å². The number of hydrogen-bond donors (Lipinski definition) is 2. The summed E-state index contributed by atoms with van der Waals surface area (Å²) in [5, 5.41) is 11.3. The Kier molecular flexibility index (Phi) is 7.08. The van der Waals surface area contributed by atoms with Crippen LogP contribution in [0, 0.1) is 0 Å². The number of nitrogens with zero attached hydrogens (tertiary/aromatic N) is 2. The van der Waals surface area contributed by atoms with Gasteiger partial charge in [0.15, 0.2) is 0 Å². The van der Waals surface area contributed by atoms with E-state index in [4.69, 9.17) is 5.11 Å². The number of carbonyl (C=O) groups is 1. The van der Waals surface area contributed by atoms with Crippen LogP contribution in [0.4, 0.5) is 23.7 Å². The number of rotatable bonds is 7. The molecule has 0 bridgehead atoms. The minimum absolute atomic E-state index is 0.0788. The van der Waals surface area contributed by atoms with Gasteiger partial charge in [-0.25, -0.2) is 4.79 Å². The van der Waals surface area contributed by atoms with E-state index in [0.717, 1.165) is 12.6 Å². The van der Waals surface area contributed by atoms with Crippen LogP contribution in [0.2, 0.25) is 0 Å². The minimum atomic E-state index is -4.53. The smallest absolute Gasteiger partial charge is 0.395 e. The molecule has 2 amide bonds. The summed E-state index contributed by atoms with van der Waals surface area (Å²) in [5.41, 5.74) is -1.17. The van der Waals surface area contributed by atoms with Gasteiger partial charge in [0.1, 0.15) is 12.2 Å². The molecular formula is C14H20F3N3O3. The van der Waals surface area contributed by atoms with Gasteiger partial charge in [0.2, 0.25) is 0 Å². The zero-order valence-corrected chi connectivity index (χ0v) is 12.8. The van der Waals surface area contributed by atoms with Crippen molar-refractivity contribution in [3.05, 3.63) is 28.7 Å². The second-order valence-electron chi connectivity index (χ2n) is 4.96. The molecule has 0 aromatic carbocycles. The SMILES string of the molecule is CCCCN(CCO)C(=O)Nc1cccn(CC(F)(F)F)c1=O. The zero-order valence-electron chi connectivity index (χ0n) is 12.8. The highest BCUT2D eigenvalue weighted by molar-refractivity contribution is 5.89. The second-order valence-corrected chi connectivity index (χ2v) is 4.96. The summed E-state index contributed by atoms with van der Waals surface area (Å²) in [4.78, 5) is 25.4. The largest absolute Gasteiger partial charge is 0.406 e. The van der Waals surface area contributed by atoms with E-state index in [1.54, 1.807) is 0 Å². The highest BCUT2D eigenvalue weighted by atomic mass is 19.4. The average molecular weight is 335 g/mol. The van der Waals surface area contributed by atoms with Crippen molar-refractivity contribution in [1.29, 1.82) is 0 Å². The molecule has 6 nitrogen and oxygen atoms in total. The summed E-state index contributed by atoms with van der Waals surface area (Å²) in [5.74, 6) is 0. The molecule has 0 aliphatic carbocycles. The molecule has 0 spiro atoms. The fourth-order valence-corrected chi connectivity index (χ4v) is 1.93. The van der Waals surface area contributed by atoms with Crippen molar-refractivity contribution in [2.75, 3.05) is 25.0 Å². The molecule has 0 fully saturated rings. The Morgan fingerprint density at radius 1 is 1.39 bits per heavy atom. The number of unbranched alkanes of at least 4 members (excludes halogenated alkanes) is 1. The number of anilines is 1. The van der Waals surface area contributed by atoms with Gasteiger partial charge in [-0.15, -0.1) is 0 Å². The maximum absolute atomic E-state index is 12.4. The number of aliphatic hydroxyl groups is 1. The predicted octanol–water partition coefficient (Wildman–Crippen LogP) is 2.04. The number of aliphatic hydroxyl groups excluding tert-OH is 1. The quantitative estimate of drug-likeness (QED) is 0.801. The highest BCUT2D eigenvalue weighted by Gasteiger charge is 2.28. The Balaban J connectivity index is 2.88. The lowest BCUT2D eigenvalue weighted by Crippen LogP contribution is -2.39. The molecule has 23 heavy (non-hydrogen) atoms. The molecule has 0 aliphatic rings. The van der Waals surface area contributed by atoms with Crippen molar-refractivity contribution in [1.82, 2.24) is 9.47 Å². The third-order valence-corrected chi connectivity index (χ3v) is 3.05. The molecule has 2 N–H and O–H groups in total. The van der Waals surface area contributed by atoms with Crippen LogP contribution in [0.1, 0.15) is 19.8 Å². The predicted molar refractivity (Wildman–Crippen MR) is 79.3 cm³/mol. The zero-order chi connectivity index (χ0) is 17.5. The molecule has 1 aromatic heterocycles. The van der Waals surface area contributed by atoms with Crippen molar-refractivity contribution >= 4 is 11.7 Å². The fourth-order valence-electron chi connectivity index (χ4n) is 1.93. The van der Waals surface area contributed by atoms with E-state index < -0.39 is 24.3 Å². The van der Waals surface area contributed by atoms with Gasteiger partial charge in [0, 0.05) is 19.3 Å². The summed E-state index contributed by atoms with van der Waals surface area (Å²) in [6, 6.07) is 1.87. The van der Waals surface area contributed by atoms with E-state index in [1.807, 2.05) is 6.92 Å². The van der Waals surface area contributed by atoms with Crippen molar-refractivity contribution < 1.29 is 23.1 Å². The Morgan fingerprint density at radius 3 is 2.65 bits per heavy atom. The van der Waals surface area contributed by atoms with Crippen LogP contribution in [0.5, 0.6) is 0 Å². The summed E-state index contributed by atoms with van der Waals surface area (Å²) in [7, 11) is 0. The summed E-state index contributed by atoms with van der Waals surface area (Å²) < 4.78 is 37.7. The number of aromatic nitrogens is 1. The molecule has 1 aromatic rings. The van der Waals surface area contributed by atoms with Gasteiger partial charge in [-0.3, -0.25) is 4.79 Å². The molecule has 0 unspecified atom stereocenters. The number of nitrogens with one attached hydrogen (secondary N) is 1. The van der Waals surface area contributed by atoms with Gasteiger partial charge in [-0.1, -0.05) is 13.3 Å². The third kappa shape index (κ3) is 6.31. The van der Waals surface area contributed by atoms with Crippen LogP contribution in [-0.2, 0) is 6.54 Å². The summed E-state index contributed by atoms with van der Waals surface area (Å²) in [6.07, 6.45) is -1.98. The molecular weight excluding hydrogens is 315 g/mol. The number of alkyl halides is 3. The molecule has 0 atom stereocenters. The summed E-state index contributed by atoms with van der Waals surface area (Å²) >= 11 is 0. The number of hydrogen-bond acceptors (Lipinski definition) is 3. The van der Waals surface area contributed by atoms with Gasteiger partial charge in [-0.2, -0.15) is 13.2 Å². The van der Waals surface area contributed by atoms with Gasteiger partial charge < -0.3 is 19.9 Å². The van der Waals surface area contributed by atoms with E-state index in [9.17, 15) is 22.8 Å². The monoisotopic (exact) mass is 335 g/mol. The van der Waals surface area contributed by atoms with Gasteiger partial charge in [0.25, 0.3) is 5.56 Å². The Morgan fingerprint density at radius 2 is 2.09 bits per heavy atom. The van der Waals surface area contributed by atoms with Crippen molar-refractivity contribution in [2.24, 2.45) is 0 Å². The molecule has 9 heteroatoms. The lowest BCUT2D eigenvalue weighted by molar-refractivity contribution is -0.141. The maximum atomic E-state index is 12.4. The first-order valence-corrected chi connectivity index (χ1v) is 7.21. The third-order valence-electron chi connectivity index (χ3n) is 3.05. The minimum Gasteiger partial charge on any atom is -0.395 e. The van der Waals surface area contributed by atoms with Crippen LogP contribution >= 0.6 is 0 Å². The average Bonchev–Trinajstić information content (AvgIpc) is 2.46. The highest BCUT2D eigenvalue weighted by Crippen LogP contribution is 2.16. The molecule has 1 rings (SSSR count). The van der Waals surface area contributed by atoms with E-state index in [0.29, 0.717) is 17.5 Å². The van der Waals surface area contributed by atoms with Crippen LogP contribution in [0.25, 0.3) is 0 Å². The number of urea groups is 1. The molecule has 0 saturated heterocycles. The van der Waals surface area contributed by atoms with Gasteiger partial charge >= 0.3 is 12.2 Å². The number of carbonyl (C=O) groups excluding carboxylic acids is 1. The molecule has 0 radical (unpaired) electrons.